The van der Waals surface area contributed by atoms with Crippen LogP contribution in [0.1, 0.15) is 19.3 Å². The lowest BCUT2D eigenvalue weighted by atomic mass is 9.76. The van der Waals surface area contributed by atoms with Crippen molar-refractivity contribution in [2.45, 2.75) is 19.3 Å². The van der Waals surface area contributed by atoms with Gasteiger partial charge in [-0.3, -0.25) is 0 Å². The average Bonchev–Trinajstić information content (AvgIpc) is 2.75. The van der Waals surface area contributed by atoms with E-state index in [1.165, 1.54) is 19.3 Å². The van der Waals surface area contributed by atoms with E-state index >= 15 is 0 Å². The maximum absolute atomic E-state index is 8.94. The molecule has 62 valence electrons. The van der Waals surface area contributed by atoms with Crippen LogP contribution < -0.4 is 0 Å². The van der Waals surface area contributed by atoms with Crippen molar-refractivity contribution in [3.8, 4) is 6.07 Å². The third-order valence-corrected chi connectivity index (χ3v) is 4.17. The van der Waals surface area contributed by atoms with E-state index in [2.05, 4.69) is 18.2 Å². The molecule has 2 fully saturated rings. The van der Waals surface area contributed by atoms with Gasteiger partial charge in [-0.1, -0.05) is 12.2 Å². The van der Waals surface area contributed by atoms with Gasteiger partial charge in [-0.05, 0) is 42.9 Å². The Morgan fingerprint density at radius 1 is 1.25 bits per heavy atom. The van der Waals surface area contributed by atoms with Gasteiger partial charge in [-0.2, -0.15) is 5.26 Å². The summed E-state index contributed by atoms with van der Waals surface area (Å²) in [6.07, 6.45) is 8.52. The second-order valence-electron chi connectivity index (χ2n) is 4.54. The van der Waals surface area contributed by atoms with Crippen LogP contribution in [0.5, 0.6) is 0 Å². The van der Waals surface area contributed by atoms with Crippen LogP contribution in [0.15, 0.2) is 12.2 Å². The molecule has 0 amide bonds. The lowest BCUT2D eigenvalue weighted by Gasteiger charge is -2.27. The van der Waals surface area contributed by atoms with Crippen LogP contribution in [0, 0.1) is 40.9 Å². The lowest BCUT2D eigenvalue weighted by molar-refractivity contribution is 0.242. The Morgan fingerprint density at radius 3 is 3.00 bits per heavy atom. The number of hydrogen-bond donors (Lipinski definition) is 0. The molecule has 2 bridgehead atoms. The van der Waals surface area contributed by atoms with Gasteiger partial charge >= 0.3 is 0 Å². The van der Waals surface area contributed by atoms with Crippen LogP contribution in [0.4, 0.5) is 0 Å². The number of nitriles is 1. The molecule has 12 heavy (non-hydrogen) atoms. The number of fused-ring (bicyclic) bond motifs is 5. The predicted octanol–water partition coefficient (Wildman–Crippen LogP) is 2.36. The highest BCUT2D eigenvalue weighted by Gasteiger charge is 2.52. The Morgan fingerprint density at radius 2 is 2.17 bits per heavy atom. The molecule has 0 radical (unpaired) electrons. The molecule has 0 saturated heterocycles. The normalized spacial score (nSPS) is 54.1. The van der Waals surface area contributed by atoms with Crippen molar-refractivity contribution in [1.29, 1.82) is 5.26 Å². The summed E-state index contributed by atoms with van der Waals surface area (Å²) in [6, 6.07) is 2.48. The van der Waals surface area contributed by atoms with Gasteiger partial charge in [0.25, 0.3) is 0 Å². The van der Waals surface area contributed by atoms with Crippen LogP contribution in [0.3, 0.4) is 0 Å². The third-order valence-electron chi connectivity index (χ3n) is 4.17. The van der Waals surface area contributed by atoms with Crippen molar-refractivity contribution in [3.05, 3.63) is 12.2 Å². The quantitative estimate of drug-likeness (QED) is 0.498. The molecule has 3 rings (SSSR count). The molecule has 0 aliphatic heterocycles. The van der Waals surface area contributed by atoms with Crippen LogP contribution in [-0.2, 0) is 0 Å². The molecule has 0 N–H and O–H groups in total. The van der Waals surface area contributed by atoms with E-state index in [1.54, 1.807) is 0 Å². The first-order chi connectivity index (χ1) is 5.90. The first kappa shape index (κ1) is 6.71. The van der Waals surface area contributed by atoms with Crippen molar-refractivity contribution in [3.63, 3.8) is 0 Å². The smallest absolute Gasteiger partial charge is 0.0658 e. The molecule has 0 aromatic carbocycles. The molecule has 0 aromatic rings. The second kappa shape index (κ2) is 2.13. The molecule has 0 spiro atoms. The van der Waals surface area contributed by atoms with Gasteiger partial charge in [-0.25, -0.2) is 0 Å². The van der Waals surface area contributed by atoms with Crippen LogP contribution in [-0.4, -0.2) is 0 Å². The first-order valence-electron chi connectivity index (χ1n) is 4.96. The molecule has 1 nitrogen and oxygen atoms in total. The highest BCUT2D eigenvalue weighted by molar-refractivity contribution is 5.16. The minimum absolute atomic E-state index is 0.399. The number of hydrogen-bond acceptors (Lipinski definition) is 1. The lowest BCUT2D eigenvalue weighted by Crippen LogP contribution is -2.23. The van der Waals surface area contributed by atoms with E-state index in [0.717, 1.165) is 23.7 Å². The van der Waals surface area contributed by atoms with Gasteiger partial charge in [-0.15, -0.1) is 0 Å². The largest absolute Gasteiger partial charge is 0.198 e. The summed E-state index contributed by atoms with van der Waals surface area (Å²) in [5, 5.41) is 8.94. The van der Waals surface area contributed by atoms with Gasteiger partial charge in [0.2, 0.25) is 0 Å². The standard InChI is InChI=1S/C11H13N/c12-6-8-4-7-5-11(8)10-3-1-2-9(7)10/h1-2,7-11H,3-5H2. The molecule has 0 aromatic heterocycles. The minimum atomic E-state index is 0.399. The topological polar surface area (TPSA) is 23.8 Å². The Kier molecular flexibility index (Phi) is 1.19. The molecule has 5 atom stereocenters. The zero-order valence-corrected chi connectivity index (χ0v) is 7.11. The van der Waals surface area contributed by atoms with E-state index in [9.17, 15) is 0 Å². The van der Waals surface area contributed by atoms with Gasteiger partial charge in [0.05, 0.1) is 6.07 Å². The average molecular weight is 159 g/mol. The Labute approximate surface area is 73.1 Å². The van der Waals surface area contributed by atoms with Gasteiger partial charge in [0.15, 0.2) is 0 Å². The molecule has 3 aliphatic carbocycles. The molecule has 5 unspecified atom stereocenters. The zero-order chi connectivity index (χ0) is 8.13. The monoisotopic (exact) mass is 159 g/mol. The maximum atomic E-state index is 8.94. The molecule has 1 heteroatoms. The van der Waals surface area contributed by atoms with E-state index in [1.807, 2.05) is 0 Å². The van der Waals surface area contributed by atoms with Crippen LogP contribution >= 0.6 is 0 Å². The third kappa shape index (κ3) is 0.641. The summed E-state index contributed by atoms with van der Waals surface area (Å²) >= 11 is 0. The van der Waals surface area contributed by atoms with Crippen molar-refractivity contribution in [2.24, 2.45) is 29.6 Å². The van der Waals surface area contributed by atoms with E-state index in [-0.39, 0.29) is 0 Å². The second-order valence-corrected chi connectivity index (χ2v) is 4.54. The maximum Gasteiger partial charge on any atom is 0.0658 e. The van der Waals surface area contributed by atoms with Gasteiger partial charge in [0, 0.05) is 5.92 Å². The van der Waals surface area contributed by atoms with Crippen molar-refractivity contribution in [1.82, 2.24) is 0 Å². The van der Waals surface area contributed by atoms with E-state index in [0.29, 0.717) is 5.92 Å². The number of rotatable bonds is 0. The molecule has 0 heterocycles. The van der Waals surface area contributed by atoms with Crippen molar-refractivity contribution >= 4 is 0 Å². The molecule has 2 saturated carbocycles. The molecular weight excluding hydrogens is 146 g/mol. The fourth-order valence-electron chi connectivity index (χ4n) is 3.71. The summed E-state index contributed by atoms with van der Waals surface area (Å²) in [5.41, 5.74) is 0. The highest BCUT2D eigenvalue weighted by atomic mass is 14.6. The zero-order valence-electron chi connectivity index (χ0n) is 7.11. The molecule has 3 aliphatic rings. The van der Waals surface area contributed by atoms with Gasteiger partial charge in [0.1, 0.15) is 0 Å². The minimum Gasteiger partial charge on any atom is -0.198 e. The predicted molar refractivity (Wildman–Crippen MR) is 46.1 cm³/mol. The van der Waals surface area contributed by atoms with Crippen molar-refractivity contribution in [2.75, 3.05) is 0 Å². The summed E-state index contributed by atoms with van der Waals surface area (Å²) in [7, 11) is 0. The fraction of sp³-hybridized carbons (Fsp3) is 0.727. The van der Waals surface area contributed by atoms with E-state index < -0.39 is 0 Å². The van der Waals surface area contributed by atoms with E-state index in [4.69, 9.17) is 5.26 Å². The Balaban J connectivity index is 1.92. The Bertz CT molecular complexity index is 273. The number of allylic oxidation sites excluding steroid dienone is 2. The van der Waals surface area contributed by atoms with Crippen molar-refractivity contribution < 1.29 is 0 Å². The van der Waals surface area contributed by atoms with Crippen LogP contribution in [0.2, 0.25) is 0 Å². The summed E-state index contributed by atoms with van der Waals surface area (Å²) in [4.78, 5) is 0. The Hall–Kier alpha value is -0.770. The fourth-order valence-corrected chi connectivity index (χ4v) is 3.71. The summed E-state index contributed by atoms with van der Waals surface area (Å²) in [5.74, 6) is 3.73. The highest BCUT2D eigenvalue weighted by Crippen LogP contribution is 2.58. The first-order valence-corrected chi connectivity index (χ1v) is 4.96. The molecular formula is C11H13N. The number of nitrogens with zero attached hydrogens (tertiary/aromatic N) is 1. The summed E-state index contributed by atoms with van der Waals surface area (Å²) in [6.45, 7) is 0. The van der Waals surface area contributed by atoms with Crippen LogP contribution in [0.25, 0.3) is 0 Å². The summed E-state index contributed by atoms with van der Waals surface area (Å²) < 4.78 is 0. The van der Waals surface area contributed by atoms with Gasteiger partial charge < -0.3 is 0 Å². The SMILES string of the molecule is N#CC1CC2CC1C1CC=CC21.